The van der Waals surface area contributed by atoms with Crippen molar-refractivity contribution in [2.45, 2.75) is 58.7 Å². The molecule has 0 spiro atoms. The molecule has 0 radical (unpaired) electrons. The first-order valence-electron chi connectivity index (χ1n) is 10.9. The fraction of sp³-hybridized carbons (Fsp3) is 0.360. The van der Waals surface area contributed by atoms with Crippen LogP contribution in [0.25, 0.3) is 10.9 Å². The van der Waals surface area contributed by atoms with Crippen LogP contribution < -0.4 is 10.9 Å². The van der Waals surface area contributed by atoms with Crippen LogP contribution in [0.1, 0.15) is 60.0 Å². The van der Waals surface area contributed by atoms with Crippen LogP contribution in [0.4, 0.5) is 0 Å². The maximum atomic E-state index is 13.1. The molecular weight excluding hydrogens is 406 g/mol. The number of carbonyl (C=O) groups excluding carboxylic acids is 2. The fourth-order valence-electron chi connectivity index (χ4n) is 4.00. The number of amides is 1. The van der Waals surface area contributed by atoms with Gasteiger partial charge in [-0.05, 0) is 51.0 Å². The topological polar surface area (TPSA) is 90.3 Å². The summed E-state index contributed by atoms with van der Waals surface area (Å²) in [5, 5.41) is 3.46. The number of hydrogen-bond acceptors (Lipinski definition) is 5. The summed E-state index contributed by atoms with van der Waals surface area (Å²) in [4.78, 5) is 42.7. The van der Waals surface area contributed by atoms with Crippen molar-refractivity contribution in [2.24, 2.45) is 0 Å². The van der Waals surface area contributed by atoms with Gasteiger partial charge < -0.3 is 10.1 Å². The van der Waals surface area contributed by atoms with Crippen LogP contribution >= 0.6 is 0 Å². The molecular formula is C25H27N3O4. The predicted molar refractivity (Wildman–Crippen MR) is 122 cm³/mol. The summed E-state index contributed by atoms with van der Waals surface area (Å²) < 4.78 is 6.99. The van der Waals surface area contributed by atoms with Gasteiger partial charge in [-0.2, -0.15) is 0 Å². The number of rotatable bonds is 6. The zero-order chi connectivity index (χ0) is 22.8. The molecule has 0 bridgehead atoms. The maximum absolute atomic E-state index is 13.1. The number of hydrogen-bond donors (Lipinski definition) is 1. The summed E-state index contributed by atoms with van der Waals surface area (Å²) in [5.41, 5.74) is 2.75. The van der Waals surface area contributed by atoms with Gasteiger partial charge in [-0.15, -0.1) is 0 Å². The first-order chi connectivity index (χ1) is 15.3. The summed E-state index contributed by atoms with van der Waals surface area (Å²) in [5.74, 6) is 0.0425. The Morgan fingerprint density at radius 1 is 1.16 bits per heavy atom. The van der Waals surface area contributed by atoms with E-state index in [0.29, 0.717) is 23.0 Å². The fourth-order valence-corrected chi connectivity index (χ4v) is 4.00. The number of benzene rings is 2. The molecule has 1 aromatic heterocycles. The quantitative estimate of drug-likeness (QED) is 0.601. The minimum absolute atomic E-state index is 0.0215. The van der Waals surface area contributed by atoms with Crippen molar-refractivity contribution in [1.82, 2.24) is 14.9 Å². The van der Waals surface area contributed by atoms with E-state index < -0.39 is 6.04 Å². The molecule has 166 valence electrons. The molecule has 7 heteroatoms. The van der Waals surface area contributed by atoms with E-state index in [9.17, 15) is 14.4 Å². The van der Waals surface area contributed by atoms with E-state index in [0.717, 1.165) is 29.8 Å². The van der Waals surface area contributed by atoms with Crippen molar-refractivity contribution in [1.29, 1.82) is 0 Å². The van der Waals surface area contributed by atoms with Gasteiger partial charge in [-0.1, -0.05) is 29.8 Å². The smallest absolute Gasteiger partial charge is 0.308 e. The molecule has 3 aromatic rings. The highest BCUT2D eigenvalue weighted by Gasteiger charge is 2.22. The number of esters is 1. The van der Waals surface area contributed by atoms with Gasteiger partial charge in [-0.25, -0.2) is 4.98 Å². The summed E-state index contributed by atoms with van der Waals surface area (Å²) in [6, 6.07) is 12.1. The van der Waals surface area contributed by atoms with Crippen LogP contribution in [0.3, 0.4) is 0 Å². The Labute approximate surface area is 186 Å². The molecule has 0 aliphatic carbocycles. The van der Waals surface area contributed by atoms with E-state index in [4.69, 9.17) is 4.74 Å². The standard InChI is InChI=1S/C25H27N3O4/c1-15(2)32-23(29)14-20(17-8-6-16(3)7-9-17)27-24(30)18-10-11-19-21(13-18)26-22-5-4-12-28(22)25(19)31/h6-11,13,15,20H,4-5,12,14H2,1-3H3,(H,27,30). The van der Waals surface area contributed by atoms with E-state index in [1.165, 1.54) is 0 Å². The maximum Gasteiger partial charge on any atom is 0.308 e. The summed E-state index contributed by atoms with van der Waals surface area (Å²) >= 11 is 0. The normalized spacial score (nSPS) is 13.8. The van der Waals surface area contributed by atoms with E-state index >= 15 is 0 Å². The second kappa shape index (κ2) is 8.94. The number of aryl methyl sites for hydroxylation is 2. The number of ether oxygens (including phenoxy) is 1. The average Bonchev–Trinajstić information content (AvgIpc) is 3.22. The Hall–Kier alpha value is -3.48. The van der Waals surface area contributed by atoms with E-state index in [1.807, 2.05) is 31.2 Å². The van der Waals surface area contributed by atoms with Gasteiger partial charge in [0.25, 0.3) is 11.5 Å². The molecule has 1 atom stereocenters. The van der Waals surface area contributed by atoms with E-state index in [1.54, 1.807) is 36.6 Å². The molecule has 0 saturated carbocycles. The third-order valence-electron chi connectivity index (χ3n) is 5.60. The van der Waals surface area contributed by atoms with Crippen LogP contribution in [0, 0.1) is 6.92 Å². The Kier molecular flexibility index (Phi) is 6.08. The van der Waals surface area contributed by atoms with Crippen molar-refractivity contribution in [3.8, 4) is 0 Å². The number of aromatic nitrogens is 2. The zero-order valence-electron chi connectivity index (χ0n) is 18.6. The monoisotopic (exact) mass is 433 g/mol. The summed E-state index contributed by atoms with van der Waals surface area (Å²) in [6.07, 6.45) is 1.45. The summed E-state index contributed by atoms with van der Waals surface area (Å²) in [7, 11) is 0. The van der Waals surface area contributed by atoms with Gasteiger partial charge in [0, 0.05) is 18.5 Å². The molecule has 1 amide bonds. The minimum atomic E-state index is -0.538. The van der Waals surface area contributed by atoms with Crippen LogP contribution in [-0.2, 0) is 22.5 Å². The second-order valence-electron chi connectivity index (χ2n) is 8.50. The van der Waals surface area contributed by atoms with Crippen molar-refractivity contribution in [3.63, 3.8) is 0 Å². The van der Waals surface area contributed by atoms with Gasteiger partial charge in [0.1, 0.15) is 5.82 Å². The largest absolute Gasteiger partial charge is 0.463 e. The molecule has 1 N–H and O–H groups in total. The van der Waals surface area contributed by atoms with Crippen molar-refractivity contribution < 1.29 is 14.3 Å². The molecule has 7 nitrogen and oxygen atoms in total. The Balaban J connectivity index is 1.61. The number of nitrogens with zero attached hydrogens (tertiary/aromatic N) is 2. The van der Waals surface area contributed by atoms with E-state index in [2.05, 4.69) is 10.3 Å². The molecule has 1 aliphatic rings. The third-order valence-corrected chi connectivity index (χ3v) is 5.60. The van der Waals surface area contributed by atoms with Gasteiger partial charge in [0.15, 0.2) is 0 Å². The molecule has 0 fully saturated rings. The molecule has 2 heterocycles. The van der Waals surface area contributed by atoms with Crippen LogP contribution in [-0.4, -0.2) is 27.5 Å². The van der Waals surface area contributed by atoms with Crippen LogP contribution in [0.15, 0.2) is 47.3 Å². The van der Waals surface area contributed by atoms with Crippen LogP contribution in [0.5, 0.6) is 0 Å². The predicted octanol–water partition coefficient (Wildman–Crippen LogP) is 3.46. The minimum Gasteiger partial charge on any atom is -0.463 e. The van der Waals surface area contributed by atoms with Crippen molar-refractivity contribution >= 4 is 22.8 Å². The second-order valence-corrected chi connectivity index (χ2v) is 8.50. The molecule has 2 aromatic carbocycles. The third kappa shape index (κ3) is 4.56. The van der Waals surface area contributed by atoms with E-state index in [-0.39, 0.29) is 30.0 Å². The van der Waals surface area contributed by atoms with Gasteiger partial charge in [0.2, 0.25) is 0 Å². The Morgan fingerprint density at radius 2 is 1.91 bits per heavy atom. The molecule has 1 aliphatic heterocycles. The Morgan fingerprint density at radius 3 is 2.62 bits per heavy atom. The lowest BCUT2D eigenvalue weighted by atomic mass is 10.0. The van der Waals surface area contributed by atoms with Crippen molar-refractivity contribution in [2.75, 3.05) is 0 Å². The lowest BCUT2D eigenvalue weighted by molar-refractivity contribution is -0.147. The summed E-state index contributed by atoms with van der Waals surface area (Å²) in [6.45, 7) is 6.24. The first-order valence-corrected chi connectivity index (χ1v) is 10.9. The van der Waals surface area contributed by atoms with Crippen molar-refractivity contribution in [3.05, 3.63) is 75.3 Å². The first kappa shape index (κ1) is 21.7. The number of carbonyl (C=O) groups is 2. The van der Waals surface area contributed by atoms with Gasteiger partial charge >= 0.3 is 5.97 Å². The SMILES string of the molecule is Cc1ccc(C(CC(=O)OC(C)C)NC(=O)c2ccc3c(=O)n4c(nc3c2)CCC4)cc1. The average molecular weight is 434 g/mol. The van der Waals surface area contributed by atoms with Crippen LogP contribution in [0.2, 0.25) is 0 Å². The molecule has 0 saturated heterocycles. The highest BCUT2D eigenvalue weighted by molar-refractivity contribution is 5.98. The lowest BCUT2D eigenvalue weighted by Gasteiger charge is -2.20. The number of nitrogens with one attached hydrogen (secondary N) is 1. The zero-order valence-corrected chi connectivity index (χ0v) is 18.6. The molecule has 32 heavy (non-hydrogen) atoms. The highest BCUT2D eigenvalue weighted by Crippen LogP contribution is 2.21. The highest BCUT2D eigenvalue weighted by atomic mass is 16.5. The lowest BCUT2D eigenvalue weighted by Crippen LogP contribution is -2.31. The van der Waals surface area contributed by atoms with Gasteiger partial charge in [0.05, 0.1) is 29.5 Å². The molecule has 4 rings (SSSR count). The van der Waals surface area contributed by atoms with Gasteiger partial charge in [-0.3, -0.25) is 19.0 Å². The number of fused-ring (bicyclic) bond motifs is 2. The Bertz CT molecular complexity index is 1230. The molecule has 1 unspecified atom stereocenters.